The zero-order chi connectivity index (χ0) is 20.8. The number of halogens is 2. The summed E-state index contributed by atoms with van der Waals surface area (Å²) in [6.07, 6.45) is 2.60. The summed E-state index contributed by atoms with van der Waals surface area (Å²) in [6.45, 7) is -0.933. The van der Waals surface area contributed by atoms with E-state index in [4.69, 9.17) is 9.15 Å². The van der Waals surface area contributed by atoms with Gasteiger partial charge in [-0.2, -0.15) is 8.78 Å². The number of benzene rings is 1. The van der Waals surface area contributed by atoms with Gasteiger partial charge >= 0.3 is 6.61 Å². The summed E-state index contributed by atoms with van der Waals surface area (Å²) >= 11 is 1.52. The lowest BCUT2D eigenvalue weighted by Gasteiger charge is -2.12. The molecule has 3 aromatic rings. The summed E-state index contributed by atoms with van der Waals surface area (Å²) in [5, 5.41) is 5.50. The van der Waals surface area contributed by atoms with E-state index in [9.17, 15) is 13.6 Å². The Morgan fingerprint density at radius 1 is 1.34 bits per heavy atom. The maximum absolute atomic E-state index is 12.7. The lowest BCUT2D eigenvalue weighted by molar-refractivity contribution is -0.116. The number of aryl methyl sites for hydroxylation is 1. The summed E-state index contributed by atoms with van der Waals surface area (Å²) in [5.41, 5.74) is 1.04. The van der Waals surface area contributed by atoms with Crippen molar-refractivity contribution in [2.24, 2.45) is 0 Å². The molecule has 0 radical (unpaired) electrons. The highest BCUT2D eigenvalue weighted by atomic mass is 32.1. The van der Waals surface area contributed by atoms with E-state index < -0.39 is 12.5 Å². The van der Waals surface area contributed by atoms with Gasteiger partial charge in [-0.1, -0.05) is 12.1 Å². The number of carbonyl (C=O) groups is 1. The molecule has 1 amide bonds. The smallest absolute Gasteiger partial charge is 0.387 e. The van der Waals surface area contributed by atoms with Crippen molar-refractivity contribution in [2.75, 3.05) is 7.11 Å². The van der Waals surface area contributed by atoms with Crippen molar-refractivity contribution >= 4 is 23.3 Å². The third-order valence-corrected chi connectivity index (χ3v) is 4.59. The average molecular weight is 420 g/mol. The molecule has 0 aliphatic carbocycles. The molecular formula is C20H18F2N2O4S. The van der Waals surface area contributed by atoms with Crippen molar-refractivity contribution in [3.05, 3.63) is 58.1 Å². The molecule has 3 rings (SSSR count). The first-order valence-corrected chi connectivity index (χ1v) is 9.43. The van der Waals surface area contributed by atoms with E-state index in [1.165, 1.54) is 36.7 Å². The molecule has 29 heavy (non-hydrogen) atoms. The van der Waals surface area contributed by atoms with Crippen LogP contribution in [0.3, 0.4) is 0 Å². The number of para-hydroxylation sites is 1. The maximum atomic E-state index is 12.7. The number of hydrogen-bond donors (Lipinski definition) is 1. The van der Waals surface area contributed by atoms with Gasteiger partial charge in [-0.25, -0.2) is 4.98 Å². The third-order valence-electron chi connectivity index (χ3n) is 3.82. The molecule has 9 heteroatoms. The second kappa shape index (κ2) is 9.33. The fourth-order valence-corrected chi connectivity index (χ4v) is 3.13. The number of amides is 1. The molecule has 0 fully saturated rings. The second-order valence-corrected chi connectivity index (χ2v) is 6.89. The number of carbonyl (C=O) groups excluding carboxylic acids is 1. The number of rotatable bonds is 8. The van der Waals surface area contributed by atoms with Crippen molar-refractivity contribution in [1.82, 2.24) is 10.3 Å². The normalized spacial score (nSPS) is 11.2. The van der Waals surface area contributed by atoms with Crippen LogP contribution in [0.2, 0.25) is 0 Å². The predicted molar refractivity (Wildman–Crippen MR) is 105 cm³/mol. The Labute approximate surface area is 169 Å². The van der Waals surface area contributed by atoms with E-state index in [0.717, 1.165) is 10.7 Å². The first-order valence-electron chi connectivity index (χ1n) is 8.55. The average Bonchev–Trinajstić information content (AvgIpc) is 3.33. The highest BCUT2D eigenvalue weighted by Crippen LogP contribution is 2.33. The molecule has 0 unspecified atom stereocenters. The van der Waals surface area contributed by atoms with Gasteiger partial charge < -0.3 is 19.2 Å². The summed E-state index contributed by atoms with van der Waals surface area (Å²) in [5.74, 6) is 0.782. The molecule has 0 atom stereocenters. The summed E-state index contributed by atoms with van der Waals surface area (Å²) in [4.78, 5) is 16.4. The second-order valence-electron chi connectivity index (χ2n) is 5.83. The zero-order valence-corrected chi connectivity index (χ0v) is 16.5. The Morgan fingerprint density at radius 2 is 2.17 bits per heavy atom. The van der Waals surface area contributed by atoms with Crippen LogP contribution < -0.4 is 14.8 Å². The lowest BCUT2D eigenvalue weighted by atomic mass is 10.1. The number of nitrogens with one attached hydrogen (secondary N) is 1. The fraction of sp³-hybridized carbons (Fsp3) is 0.200. The van der Waals surface area contributed by atoms with Crippen LogP contribution in [-0.2, 0) is 11.3 Å². The van der Waals surface area contributed by atoms with Gasteiger partial charge in [0.2, 0.25) is 5.91 Å². The molecule has 0 aliphatic heterocycles. The minimum absolute atomic E-state index is 0.136. The van der Waals surface area contributed by atoms with Crippen molar-refractivity contribution < 1.29 is 27.5 Å². The van der Waals surface area contributed by atoms with Crippen LogP contribution >= 0.6 is 11.3 Å². The molecule has 0 saturated carbocycles. The van der Waals surface area contributed by atoms with Crippen LogP contribution in [0.15, 0.2) is 46.2 Å². The first-order chi connectivity index (χ1) is 14.0. The van der Waals surface area contributed by atoms with Crippen molar-refractivity contribution in [1.29, 1.82) is 0 Å². The number of thiazole rings is 1. The summed E-state index contributed by atoms with van der Waals surface area (Å²) in [7, 11) is 1.35. The van der Waals surface area contributed by atoms with E-state index in [-0.39, 0.29) is 18.0 Å². The van der Waals surface area contributed by atoms with Crippen molar-refractivity contribution in [2.45, 2.75) is 20.1 Å². The quantitative estimate of drug-likeness (QED) is 0.537. The molecule has 152 valence electrons. The molecule has 2 heterocycles. The Bertz CT molecular complexity index is 1010. The largest absolute Gasteiger partial charge is 0.493 e. The van der Waals surface area contributed by atoms with Gasteiger partial charge in [-0.15, -0.1) is 11.3 Å². The van der Waals surface area contributed by atoms with Crippen LogP contribution in [-0.4, -0.2) is 24.6 Å². The monoisotopic (exact) mass is 420 g/mol. The molecule has 0 bridgehead atoms. The van der Waals surface area contributed by atoms with E-state index >= 15 is 0 Å². The third kappa shape index (κ3) is 5.41. The Balaban J connectivity index is 1.63. The van der Waals surface area contributed by atoms with E-state index in [1.807, 2.05) is 12.3 Å². The molecule has 0 aliphatic rings. The SMILES string of the molecule is COc1cccc(/C=C/C(=O)NCc2ccc(-c3csc(C)n3)o2)c1OC(F)F. The topological polar surface area (TPSA) is 73.6 Å². The van der Waals surface area contributed by atoms with Crippen LogP contribution in [0.25, 0.3) is 17.5 Å². The standard InChI is InChI=1S/C20H18F2N2O4S/c1-12-24-15(11-29-12)16-8-7-14(27-16)10-23-18(25)9-6-13-4-3-5-17(26-2)19(13)28-20(21)22/h3-9,11,20H,10H2,1-2H3,(H,23,25)/b9-6+. The minimum atomic E-state index is -3.01. The summed E-state index contributed by atoms with van der Waals surface area (Å²) < 4.78 is 40.5. The van der Waals surface area contributed by atoms with Gasteiger partial charge in [0.25, 0.3) is 0 Å². The van der Waals surface area contributed by atoms with Crippen LogP contribution in [0.5, 0.6) is 11.5 Å². The van der Waals surface area contributed by atoms with E-state index in [0.29, 0.717) is 17.1 Å². The molecule has 1 aromatic carbocycles. The van der Waals surface area contributed by atoms with E-state index in [1.54, 1.807) is 24.3 Å². The van der Waals surface area contributed by atoms with Crippen LogP contribution in [0.4, 0.5) is 8.78 Å². The molecule has 1 N–H and O–H groups in total. The zero-order valence-electron chi connectivity index (χ0n) is 15.6. The predicted octanol–water partition coefficient (Wildman–Crippen LogP) is 4.65. The first kappa shape index (κ1) is 20.5. The maximum Gasteiger partial charge on any atom is 0.387 e. The highest BCUT2D eigenvalue weighted by molar-refractivity contribution is 7.09. The van der Waals surface area contributed by atoms with Gasteiger partial charge in [0, 0.05) is 17.0 Å². The molecule has 2 aromatic heterocycles. The molecular weight excluding hydrogens is 402 g/mol. The van der Waals surface area contributed by atoms with Gasteiger partial charge in [0.15, 0.2) is 17.3 Å². The van der Waals surface area contributed by atoms with Crippen LogP contribution in [0.1, 0.15) is 16.3 Å². The van der Waals surface area contributed by atoms with Gasteiger partial charge in [-0.3, -0.25) is 4.79 Å². The van der Waals surface area contributed by atoms with Crippen LogP contribution in [0, 0.1) is 6.92 Å². The van der Waals surface area contributed by atoms with Gasteiger partial charge in [-0.05, 0) is 31.2 Å². The van der Waals surface area contributed by atoms with Gasteiger partial charge in [0.1, 0.15) is 11.5 Å². The lowest BCUT2D eigenvalue weighted by Crippen LogP contribution is -2.19. The molecule has 0 spiro atoms. The molecule has 0 saturated heterocycles. The Kier molecular flexibility index (Phi) is 6.61. The summed E-state index contributed by atoms with van der Waals surface area (Å²) in [6, 6.07) is 8.19. The Hall–Kier alpha value is -3.20. The van der Waals surface area contributed by atoms with Gasteiger partial charge in [0.05, 0.1) is 18.7 Å². The number of furan rings is 1. The number of alkyl halides is 2. The molecule has 6 nitrogen and oxygen atoms in total. The number of aromatic nitrogens is 1. The highest BCUT2D eigenvalue weighted by Gasteiger charge is 2.14. The Morgan fingerprint density at radius 3 is 2.86 bits per heavy atom. The van der Waals surface area contributed by atoms with E-state index in [2.05, 4.69) is 15.0 Å². The number of hydrogen-bond acceptors (Lipinski definition) is 6. The number of nitrogens with zero attached hydrogens (tertiary/aromatic N) is 1. The fourth-order valence-electron chi connectivity index (χ4n) is 2.53. The minimum Gasteiger partial charge on any atom is -0.493 e. The number of methoxy groups -OCH3 is 1. The van der Waals surface area contributed by atoms with Crippen molar-refractivity contribution in [3.63, 3.8) is 0 Å². The number of ether oxygens (including phenoxy) is 2. The van der Waals surface area contributed by atoms with Crippen molar-refractivity contribution in [3.8, 4) is 23.0 Å².